The molecule has 7 heteroatoms. The smallest absolute Gasteiger partial charge is 0.329 e. The standard InChI is InChI=1S/C21H22N4O3/c1-23-11-12-24(18(13-23)15-7-3-2-4-8-15)19(26)14-25-17-10-6-5-9-16(17)20(27)22-21(25)28/h2-10,18H,11-14H2,1H3,(H,22,27,28)/t18-/m1/s1. The number of carbonyl (C=O) groups is 1. The van der Waals surface area contributed by atoms with Crippen LogP contribution in [0.1, 0.15) is 11.6 Å². The summed E-state index contributed by atoms with van der Waals surface area (Å²) < 4.78 is 1.35. The Hall–Kier alpha value is -3.19. The summed E-state index contributed by atoms with van der Waals surface area (Å²) in [6, 6.07) is 16.7. The molecule has 1 amide bonds. The van der Waals surface area contributed by atoms with Gasteiger partial charge in [0.2, 0.25) is 5.91 Å². The first-order valence-corrected chi connectivity index (χ1v) is 9.29. The Bertz CT molecular complexity index is 1120. The Balaban J connectivity index is 1.69. The maximum absolute atomic E-state index is 13.2. The Morgan fingerprint density at radius 3 is 2.54 bits per heavy atom. The monoisotopic (exact) mass is 378 g/mol. The maximum atomic E-state index is 13.2. The molecule has 0 spiro atoms. The number of piperazine rings is 1. The number of likely N-dealkylation sites (N-methyl/N-ethyl adjacent to an activating group) is 1. The van der Waals surface area contributed by atoms with Gasteiger partial charge in [-0.25, -0.2) is 4.79 Å². The number of carbonyl (C=O) groups excluding carboxylic acids is 1. The van der Waals surface area contributed by atoms with Crippen molar-refractivity contribution >= 4 is 16.8 Å². The van der Waals surface area contributed by atoms with E-state index in [0.717, 1.165) is 18.7 Å². The van der Waals surface area contributed by atoms with Crippen molar-refractivity contribution < 1.29 is 4.79 Å². The second-order valence-corrected chi connectivity index (χ2v) is 7.14. The van der Waals surface area contributed by atoms with Gasteiger partial charge in [-0.1, -0.05) is 42.5 Å². The first-order valence-electron chi connectivity index (χ1n) is 9.29. The molecule has 1 aliphatic heterocycles. The molecule has 1 aromatic heterocycles. The highest BCUT2D eigenvalue weighted by Gasteiger charge is 2.30. The van der Waals surface area contributed by atoms with Crippen LogP contribution in [-0.2, 0) is 11.3 Å². The topological polar surface area (TPSA) is 78.4 Å². The van der Waals surface area contributed by atoms with Crippen molar-refractivity contribution in [2.75, 3.05) is 26.7 Å². The van der Waals surface area contributed by atoms with Crippen molar-refractivity contribution in [1.82, 2.24) is 19.4 Å². The van der Waals surface area contributed by atoms with E-state index in [9.17, 15) is 14.4 Å². The van der Waals surface area contributed by atoms with Crippen LogP contribution in [0.15, 0.2) is 64.2 Å². The number of aromatic amines is 1. The Morgan fingerprint density at radius 2 is 1.75 bits per heavy atom. The first-order chi connectivity index (χ1) is 13.5. The van der Waals surface area contributed by atoms with Crippen molar-refractivity contribution in [3.8, 4) is 0 Å². The van der Waals surface area contributed by atoms with Gasteiger partial charge >= 0.3 is 5.69 Å². The number of nitrogens with zero attached hydrogens (tertiary/aromatic N) is 3. The quantitative estimate of drug-likeness (QED) is 0.743. The number of hydrogen-bond donors (Lipinski definition) is 1. The molecule has 4 rings (SSSR count). The largest absolute Gasteiger partial charge is 0.332 e. The number of H-pyrrole nitrogens is 1. The molecule has 0 radical (unpaired) electrons. The average molecular weight is 378 g/mol. The molecule has 3 aromatic rings. The highest BCUT2D eigenvalue weighted by molar-refractivity contribution is 5.82. The van der Waals surface area contributed by atoms with Gasteiger partial charge in [0.1, 0.15) is 6.54 Å². The zero-order valence-corrected chi connectivity index (χ0v) is 15.7. The van der Waals surface area contributed by atoms with Crippen LogP contribution in [-0.4, -0.2) is 51.9 Å². The molecule has 2 heterocycles. The molecule has 0 bridgehead atoms. The normalized spacial score (nSPS) is 17.8. The molecule has 144 valence electrons. The summed E-state index contributed by atoms with van der Waals surface area (Å²) in [4.78, 5) is 44.0. The maximum Gasteiger partial charge on any atom is 0.329 e. The molecular formula is C21H22N4O3. The van der Waals surface area contributed by atoms with Gasteiger partial charge in [0.25, 0.3) is 5.56 Å². The van der Waals surface area contributed by atoms with E-state index in [4.69, 9.17) is 0 Å². The van der Waals surface area contributed by atoms with Crippen LogP contribution in [0.4, 0.5) is 0 Å². The molecule has 28 heavy (non-hydrogen) atoms. The molecule has 1 fully saturated rings. The summed E-state index contributed by atoms with van der Waals surface area (Å²) in [7, 11) is 2.04. The number of amides is 1. The molecule has 0 unspecified atom stereocenters. The van der Waals surface area contributed by atoms with Gasteiger partial charge in [0.05, 0.1) is 16.9 Å². The summed E-state index contributed by atoms with van der Waals surface area (Å²) in [5.74, 6) is -0.138. The first kappa shape index (κ1) is 18.2. The SMILES string of the molecule is CN1CCN(C(=O)Cn2c(=O)[nH]c(=O)c3ccccc32)[C@@H](c2ccccc2)C1. The second-order valence-electron chi connectivity index (χ2n) is 7.14. The molecule has 7 nitrogen and oxygen atoms in total. The van der Waals surface area contributed by atoms with Gasteiger partial charge in [0.15, 0.2) is 0 Å². The highest BCUT2D eigenvalue weighted by atomic mass is 16.2. The Kier molecular flexibility index (Phi) is 4.83. The minimum absolute atomic E-state index is 0.0721. The fourth-order valence-electron chi connectivity index (χ4n) is 3.80. The number of rotatable bonds is 3. The van der Waals surface area contributed by atoms with Crippen LogP contribution in [0, 0.1) is 0 Å². The Labute approximate surface area is 161 Å². The number of hydrogen-bond acceptors (Lipinski definition) is 4. The van der Waals surface area contributed by atoms with Crippen molar-refractivity contribution in [2.45, 2.75) is 12.6 Å². The number of nitrogens with one attached hydrogen (secondary N) is 1. The lowest BCUT2D eigenvalue weighted by molar-refractivity contribution is -0.136. The van der Waals surface area contributed by atoms with E-state index in [-0.39, 0.29) is 18.5 Å². The third kappa shape index (κ3) is 3.36. The van der Waals surface area contributed by atoms with E-state index in [1.807, 2.05) is 42.3 Å². The van der Waals surface area contributed by atoms with E-state index in [1.165, 1.54) is 4.57 Å². The zero-order chi connectivity index (χ0) is 19.7. The van der Waals surface area contributed by atoms with Crippen LogP contribution >= 0.6 is 0 Å². The van der Waals surface area contributed by atoms with E-state index in [2.05, 4.69) is 9.88 Å². The highest BCUT2D eigenvalue weighted by Crippen LogP contribution is 2.25. The van der Waals surface area contributed by atoms with Crippen molar-refractivity contribution in [3.63, 3.8) is 0 Å². The van der Waals surface area contributed by atoms with E-state index >= 15 is 0 Å². The zero-order valence-electron chi connectivity index (χ0n) is 15.7. The fourth-order valence-corrected chi connectivity index (χ4v) is 3.80. The van der Waals surface area contributed by atoms with E-state index < -0.39 is 11.2 Å². The predicted octanol–water partition coefficient (Wildman–Crippen LogP) is 1.21. The summed E-state index contributed by atoms with van der Waals surface area (Å²) in [5, 5.41) is 0.396. The molecule has 1 N–H and O–H groups in total. The number of benzene rings is 2. The summed E-state index contributed by atoms with van der Waals surface area (Å²) >= 11 is 0. The Morgan fingerprint density at radius 1 is 1.04 bits per heavy atom. The summed E-state index contributed by atoms with van der Waals surface area (Å²) in [6.45, 7) is 1.99. The molecule has 0 saturated carbocycles. The minimum Gasteiger partial charge on any atom is -0.332 e. The molecule has 1 aliphatic rings. The lowest BCUT2D eigenvalue weighted by Gasteiger charge is -2.40. The summed E-state index contributed by atoms with van der Waals surface area (Å²) in [5.41, 5.74) is 0.532. The number of fused-ring (bicyclic) bond motifs is 1. The van der Waals surface area contributed by atoms with Crippen molar-refractivity contribution in [1.29, 1.82) is 0 Å². The molecule has 2 aromatic carbocycles. The van der Waals surface area contributed by atoms with Gasteiger partial charge in [-0.15, -0.1) is 0 Å². The lowest BCUT2D eigenvalue weighted by atomic mass is 10.0. The molecule has 1 atom stereocenters. The summed E-state index contributed by atoms with van der Waals surface area (Å²) in [6.07, 6.45) is 0. The van der Waals surface area contributed by atoms with Gasteiger partial charge in [0, 0.05) is 19.6 Å². The van der Waals surface area contributed by atoms with Crippen LogP contribution < -0.4 is 11.2 Å². The van der Waals surface area contributed by atoms with Crippen molar-refractivity contribution in [2.24, 2.45) is 0 Å². The van der Waals surface area contributed by atoms with E-state index in [0.29, 0.717) is 17.4 Å². The molecular weight excluding hydrogens is 356 g/mol. The van der Waals surface area contributed by atoms with Gasteiger partial charge in [-0.3, -0.25) is 19.1 Å². The number of aromatic nitrogens is 2. The second kappa shape index (κ2) is 7.44. The lowest BCUT2D eigenvalue weighted by Crippen LogP contribution is -2.50. The molecule has 1 saturated heterocycles. The van der Waals surface area contributed by atoms with E-state index in [1.54, 1.807) is 24.3 Å². The van der Waals surface area contributed by atoms with Gasteiger partial charge < -0.3 is 9.80 Å². The fraction of sp³-hybridized carbons (Fsp3) is 0.286. The van der Waals surface area contributed by atoms with Crippen LogP contribution in [0.3, 0.4) is 0 Å². The van der Waals surface area contributed by atoms with Gasteiger partial charge in [-0.2, -0.15) is 0 Å². The number of para-hydroxylation sites is 1. The third-order valence-corrected chi connectivity index (χ3v) is 5.29. The predicted molar refractivity (Wildman–Crippen MR) is 107 cm³/mol. The van der Waals surface area contributed by atoms with Crippen molar-refractivity contribution in [3.05, 3.63) is 81.0 Å². The average Bonchev–Trinajstić information content (AvgIpc) is 2.71. The minimum atomic E-state index is -0.567. The van der Waals surface area contributed by atoms with Gasteiger partial charge in [-0.05, 0) is 24.7 Å². The van der Waals surface area contributed by atoms with Crippen LogP contribution in [0.2, 0.25) is 0 Å². The van der Waals surface area contributed by atoms with Crippen LogP contribution in [0.5, 0.6) is 0 Å². The third-order valence-electron chi connectivity index (χ3n) is 5.29. The van der Waals surface area contributed by atoms with Crippen LogP contribution in [0.25, 0.3) is 10.9 Å². The molecule has 0 aliphatic carbocycles.